The van der Waals surface area contributed by atoms with Gasteiger partial charge in [0.25, 0.3) is 0 Å². The second-order valence-electron chi connectivity index (χ2n) is 3.22. The van der Waals surface area contributed by atoms with Gasteiger partial charge in [-0.05, 0) is 20.8 Å². The lowest BCUT2D eigenvalue weighted by Crippen LogP contribution is -2.13. The van der Waals surface area contributed by atoms with E-state index in [4.69, 9.17) is 0 Å². The van der Waals surface area contributed by atoms with Crippen molar-refractivity contribution in [3.63, 3.8) is 0 Å². The van der Waals surface area contributed by atoms with Gasteiger partial charge < -0.3 is 5.32 Å². The van der Waals surface area contributed by atoms with E-state index in [1.54, 1.807) is 0 Å². The topological polar surface area (TPSA) is 54.9 Å². The van der Waals surface area contributed by atoms with Crippen molar-refractivity contribution >= 4 is 11.6 Å². The zero-order valence-electron chi connectivity index (χ0n) is 9.01. The predicted octanol–water partition coefficient (Wildman–Crippen LogP) is 1.75. The van der Waals surface area contributed by atoms with Crippen LogP contribution in [0.15, 0.2) is 0 Å². The molecule has 0 aromatic carbocycles. The summed E-state index contributed by atoms with van der Waals surface area (Å²) in [6, 6.07) is 0. The Balaban J connectivity index is 3.02. The van der Waals surface area contributed by atoms with E-state index in [2.05, 4.69) is 15.3 Å². The van der Waals surface area contributed by atoms with Crippen LogP contribution in [0.2, 0.25) is 0 Å². The van der Waals surface area contributed by atoms with Gasteiger partial charge in [-0.1, -0.05) is 6.92 Å². The number of carbonyl (C=O) groups is 1. The smallest absolute Gasteiger partial charge is 0.224 e. The number of hydrogen-bond acceptors (Lipinski definition) is 3. The largest absolute Gasteiger partial charge is 0.323 e. The van der Waals surface area contributed by atoms with Crippen LogP contribution in [0.5, 0.6) is 0 Å². The Labute approximate surface area is 83.8 Å². The van der Waals surface area contributed by atoms with E-state index in [9.17, 15) is 4.79 Å². The number of amides is 1. The minimum absolute atomic E-state index is 0.0105. The van der Waals surface area contributed by atoms with Crippen LogP contribution in [0.25, 0.3) is 0 Å². The minimum atomic E-state index is -0.0105. The Bertz CT molecular complexity index is 337. The van der Waals surface area contributed by atoms with Crippen LogP contribution >= 0.6 is 0 Å². The maximum Gasteiger partial charge on any atom is 0.224 e. The molecule has 0 atom stereocenters. The predicted molar refractivity (Wildman–Crippen MR) is 55.2 cm³/mol. The van der Waals surface area contributed by atoms with Crippen molar-refractivity contribution in [3.8, 4) is 0 Å². The Morgan fingerprint density at radius 2 is 1.71 bits per heavy atom. The highest BCUT2D eigenvalue weighted by molar-refractivity contribution is 5.91. The molecule has 1 rings (SSSR count). The van der Waals surface area contributed by atoms with E-state index in [1.165, 1.54) is 0 Å². The summed E-state index contributed by atoms with van der Waals surface area (Å²) in [6.45, 7) is 7.39. The molecule has 0 unspecified atom stereocenters. The fourth-order valence-corrected chi connectivity index (χ4v) is 1.29. The number of carbonyl (C=O) groups excluding carboxylic acids is 1. The first kappa shape index (κ1) is 10.6. The quantitative estimate of drug-likeness (QED) is 0.778. The number of anilines is 1. The highest BCUT2D eigenvalue weighted by atomic mass is 16.1. The molecule has 0 radical (unpaired) electrons. The van der Waals surface area contributed by atoms with Crippen molar-refractivity contribution in [1.29, 1.82) is 0 Å². The van der Waals surface area contributed by atoms with Gasteiger partial charge in [-0.2, -0.15) is 0 Å². The van der Waals surface area contributed by atoms with Crippen molar-refractivity contribution in [3.05, 3.63) is 17.2 Å². The highest BCUT2D eigenvalue weighted by Gasteiger charge is 2.08. The molecule has 0 saturated carbocycles. The summed E-state index contributed by atoms with van der Waals surface area (Å²) in [4.78, 5) is 19.6. The molecule has 14 heavy (non-hydrogen) atoms. The minimum Gasteiger partial charge on any atom is -0.323 e. The molecule has 1 N–H and O–H groups in total. The molecule has 4 nitrogen and oxygen atoms in total. The summed E-state index contributed by atoms with van der Waals surface area (Å²) in [6.07, 6.45) is 0.465. The average molecular weight is 193 g/mol. The van der Waals surface area contributed by atoms with Crippen LogP contribution in [-0.4, -0.2) is 15.9 Å². The summed E-state index contributed by atoms with van der Waals surface area (Å²) in [5, 5.41) is 2.79. The van der Waals surface area contributed by atoms with E-state index < -0.39 is 0 Å². The molecule has 1 aromatic heterocycles. The molecule has 76 valence electrons. The molecule has 1 aromatic rings. The first-order valence-corrected chi connectivity index (χ1v) is 4.66. The van der Waals surface area contributed by atoms with Crippen LogP contribution in [-0.2, 0) is 4.79 Å². The second-order valence-corrected chi connectivity index (χ2v) is 3.22. The third-order valence-electron chi connectivity index (χ3n) is 1.97. The fourth-order valence-electron chi connectivity index (χ4n) is 1.29. The lowest BCUT2D eigenvalue weighted by molar-refractivity contribution is -0.115. The summed E-state index contributed by atoms with van der Waals surface area (Å²) in [5.74, 6) is 0.721. The Morgan fingerprint density at radius 3 is 2.14 bits per heavy atom. The fraction of sp³-hybridized carbons (Fsp3) is 0.500. The zero-order chi connectivity index (χ0) is 10.7. The first-order chi connectivity index (χ1) is 6.54. The average Bonchev–Trinajstić information content (AvgIpc) is 2.10. The molecular weight excluding hydrogens is 178 g/mol. The van der Waals surface area contributed by atoms with E-state index in [0.717, 1.165) is 22.9 Å². The second kappa shape index (κ2) is 4.17. The van der Waals surface area contributed by atoms with Gasteiger partial charge in [0.1, 0.15) is 5.82 Å². The van der Waals surface area contributed by atoms with Crippen LogP contribution in [0, 0.1) is 20.8 Å². The van der Waals surface area contributed by atoms with Gasteiger partial charge in [-0.15, -0.1) is 0 Å². The number of nitrogens with zero attached hydrogens (tertiary/aromatic N) is 2. The van der Waals surface area contributed by atoms with E-state index in [1.807, 2.05) is 27.7 Å². The van der Waals surface area contributed by atoms with Crippen molar-refractivity contribution < 1.29 is 4.79 Å². The molecular formula is C10H15N3O. The molecule has 0 spiro atoms. The maximum absolute atomic E-state index is 11.2. The number of aromatic nitrogens is 2. The van der Waals surface area contributed by atoms with Gasteiger partial charge in [-0.25, -0.2) is 9.97 Å². The normalized spacial score (nSPS) is 10.0. The van der Waals surface area contributed by atoms with Gasteiger partial charge in [0.15, 0.2) is 0 Å². The van der Waals surface area contributed by atoms with E-state index in [0.29, 0.717) is 6.42 Å². The molecule has 0 fully saturated rings. The van der Waals surface area contributed by atoms with Gasteiger partial charge in [0.05, 0.1) is 17.1 Å². The van der Waals surface area contributed by atoms with Gasteiger partial charge >= 0.3 is 0 Å². The molecule has 4 heteroatoms. The summed E-state index contributed by atoms with van der Waals surface area (Å²) in [7, 11) is 0. The summed E-state index contributed by atoms with van der Waals surface area (Å²) < 4.78 is 0. The molecule has 0 aliphatic carbocycles. The molecule has 0 aliphatic rings. The van der Waals surface area contributed by atoms with E-state index >= 15 is 0 Å². The standard InChI is InChI=1S/C10H15N3O/c1-5-9(14)13-10-6(2)11-8(4)12-7(10)3/h5H2,1-4H3,(H,13,14). The molecule has 0 bridgehead atoms. The van der Waals surface area contributed by atoms with Crippen molar-refractivity contribution in [1.82, 2.24) is 9.97 Å². The first-order valence-electron chi connectivity index (χ1n) is 4.66. The summed E-state index contributed by atoms with van der Waals surface area (Å²) in [5.41, 5.74) is 2.37. The number of hydrogen-bond donors (Lipinski definition) is 1. The van der Waals surface area contributed by atoms with Crippen LogP contribution in [0.3, 0.4) is 0 Å². The third kappa shape index (κ3) is 2.28. The summed E-state index contributed by atoms with van der Waals surface area (Å²) >= 11 is 0. The maximum atomic E-state index is 11.2. The monoisotopic (exact) mass is 193 g/mol. The molecule has 1 heterocycles. The lowest BCUT2D eigenvalue weighted by atomic mass is 10.2. The third-order valence-corrected chi connectivity index (χ3v) is 1.97. The van der Waals surface area contributed by atoms with Crippen molar-refractivity contribution in [2.45, 2.75) is 34.1 Å². The Hall–Kier alpha value is -1.45. The molecule has 1 amide bonds. The highest BCUT2D eigenvalue weighted by Crippen LogP contribution is 2.16. The SMILES string of the molecule is CCC(=O)Nc1c(C)nc(C)nc1C. The molecule has 0 saturated heterocycles. The number of rotatable bonds is 2. The van der Waals surface area contributed by atoms with Crippen LogP contribution in [0.4, 0.5) is 5.69 Å². The number of nitrogens with one attached hydrogen (secondary N) is 1. The Kier molecular flexibility index (Phi) is 3.17. The van der Waals surface area contributed by atoms with Crippen molar-refractivity contribution in [2.75, 3.05) is 5.32 Å². The van der Waals surface area contributed by atoms with Gasteiger partial charge in [0, 0.05) is 6.42 Å². The van der Waals surface area contributed by atoms with Crippen LogP contribution < -0.4 is 5.32 Å². The zero-order valence-corrected chi connectivity index (χ0v) is 9.01. The molecule has 0 aliphatic heterocycles. The van der Waals surface area contributed by atoms with Crippen molar-refractivity contribution in [2.24, 2.45) is 0 Å². The lowest BCUT2D eigenvalue weighted by Gasteiger charge is -2.09. The Morgan fingerprint density at radius 1 is 1.21 bits per heavy atom. The van der Waals surface area contributed by atoms with Crippen LogP contribution in [0.1, 0.15) is 30.6 Å². The van der Waals surface area contributed by atoms with Gasteiger partial charge in [0.2, 0.25) is 5.91 Å². The van der Waals surface area contributed by atoms with E-state index in [-0.39, 0.29) is 5.91 Å². The number of aryl methyl sites for hydroxylation is 3. The van der Waals surface area contributed by atoms with Gasteiger partial charge in [-0.3, -0.25) is 4.79 Å².